The number of carboxylic acid groups (broad SMARTS) is 1. The van der Waals surface area contributed by atoms with E-state index in [-0.39, 0.29) is 12.4 Å². The van der Waals surface area contributed by atoms with Crippen LogP contribution in [-0.4, -0.2) is 66.5 Å². The van der Waals surface area contributed by atoms with E-state index in [2.05, 4.69) is 20.9 Å². The molecule has 31 heavy (non-hydrogen) atoms. The third-order valence-electron chi connectivity index (χ3n) is 4.08. The average Bonchev–Trinajstić information content (AvgIpc) is 2.73. The standard InChI is InChI=1S/C19H29N7O5/c20-13(7-4-8-23-19(21)22)17(30)26-14(9-12-5-2-1-3-6-12)18(31)25-10-15(27)24-11-16(28)29/h1-3,5-6,13-14H,4,7-11,20H2,(H,24,27)(H,25,31)(H,26,30)(H,28,29)(H4,21,22,23). The van der Waals surface area contributed by atoms with Crippen molar-refractivity contribution in [3.8, 4) is 0 Å². The molecule has 170 valence electrons. The van der Waals surface area contributed by atoms with Crippen molar-refractivity contribution < 1.29 is 24.3 Å². The Hall–Kier alpha value is -3.67. The fourth-order valence-electron chi connectivity index (χ4n) is 2.52. The van der Waals surface area contributed by atoms with Gasteiger partial charge in [-0.05, 0) is 18.4 Å². The average molecular weight is 435 g/mol. The molecule has 2 unspecified atom stereocenters. The zero-order chi connectivity index (χ0) is 23.2. The van der Waals surface area contributed by atoms with Crippen molar-refractivity contribution in [3.05, 3.63) is 35.9 Å². The van der Waals surface area contributed by atoms with Gasteiger partial charge < -0.3 is 38.3 Å². The number of aliphatic imine (C=N–C) groups is 1. The van der Waals surface area contributed by atoms with Gasteiger partial charge in [-0.3, -0.25) is 24.2 Å². The number of carbonyl (C=O) groups excluding carboxylic acids is 3. The Morgan fingerprint density at radius 2 is 1.68 bits per heavy atom. The Bertz CT molecular complexity index is 781. The summed E-state index contributed by atoms with van der Waals surface area (Å²) in [6, 6.07) is 7.13. The van der Waals surface area contributed by atoms with E-state index in [0.29, 0.717) is 19.4 Å². The molecule has 0 saturated heterocycles. The minimum atomic E-state index is -1.21. The molecular formula is C19H29N7O5. The van der Waals surface area contributed by atoms with E-state index >= 15 is 0 Å². The van der Waals surface area contributed by atoms with E-state index in [0.717, 1.165) is 5.56 Å². The summed E-state index contributed by atoms with van der Waals surface area (Å²) in [5.74, 6) is -3.06. The summed E-state index contributed by atoms with van der Waals surface area (Å²) in [5.41, 5.74) is 17.2. The zero-order valence-electron chi connectivity index (χ0n) is 17.0. The maximum atomic E-state index is 12.6. The lowest BCUT2D eigenvalue weighted by atomic mass is 10.0. The molecule has 0 saturated carbocycles. The van der Waals surface area contributed by atoms with Gasteiger partial charge in [-0.1, -0.05) is 30.3 Å². The fourth-order valence-corrected chi connectivity index (χ4v) is 2.52. The van der Waals surface area contributed by atoms with Crippen molar-refractivity contribution in [2.75, 3.05) is 19.6 Å². The smallest absolute Gasteiger partial charge is 0.322 e. The zero-order valence-corrected chi connectivity index (χ0v) is 17.0. The van der Waals surface area contributed by atoms with Crippen LogP contribution in [0.3, 0.4) is 0 Å². The van der Waals surface area contributed by atoms with Gasteiger partial charge in [0.05, 0.1) is 12.6 Å². The van der Waals surface area contributed by atoms with Crippen LogP contribution in [0.5, 0.6) is 0 Å². The monoisotopic (exact) mass is 435 g/mol. The van der Waals surface area contributed by atoms with Gasteiger partial charge in [0.1, 0.15) is 12.6 Å². The van der Waals surface area contributed by atoms with Crippen LogP contribution in [0.4, 0.5) is 0 Å². The van der Waals surface area contributed by atoms with Crippen LogP contribution >= 0.6 is 0 Å². The molecule has 10 N–H and O–H groups in total. The van der Waals surface area contributed by atoms with Crippen LogP contribution in [-0.2, 0) is 25.6 Å². The molecule has 0 aromatic heterocycles. The number of carboxylic acids is 1. The van der Waals surface area contributed by atoms with E-state index in [4.69, 9.17) is 22.3 Å². The molecule has 0 aliphatic carbocycles. The number of hydrogen-bond donors (Lipinski definition) is 7. The lowest BCUT2D eigenvalue weighted by Gasteiger charge is -2.21. The second-order valence-corrected chi connectivity index (χ2v) is 6.69. The van der Waals surface area contributed by atoms with Crippen molar-refractivity contribution >= 4 is 29.7 Å². The summed E-state index contributed by atoms with van der Waals surface area (Å²) < 4.78 is 0. The first-order chi connectivity index (χ1) is 14.7. The van der Waals surface area contributed by atoms with Gasteiger partial charge in [0.2, 0.25) is 17.7 Å². The van der Waals surface area contributed by atoms with Gasteiger partial charge in [0, 0.05) is 13.0 Å². The predicted octanol–water partition coefficient (Wildman–Crippen LogP) is -2.59. The number of amides is 3. The van der Waals surface area contributed by atoms with E-state index in [1.165, 1.54) is 0 Å². The SMILES string of the molecule is NC(N)=NCCCC(N)C(=O)NC(Cc1ccccc1)C(=O)NCC(=O)NCC(=O)O. The van der Waals surface area contributed by atoms with Crippen molar-refractivity contribution in [1.82, 2.24) is 16.0 Å². The van der Waals surface area contributed by atoms with Gasteiger partial charge in [0.15, 0.2) is 5.96 Å². The van der Waals surface area contributed by atoms with Crippen LogP contribution in [0.2, 0.25) is 0 Å². The molecule has 12 heteroatoms. The molecule has 0 heterocycles. The molecule has 3 amide bonds. The van der Waals surface area contributed by atoms with E-state index in [1.54, 1.807) is 24.3 Å². The maximum absolute atomic E-state index is 12.6. The highest BCUT2D eigenvalue weighted by Crippen LogP contribution is 2.05. The summed E-state index contributed by atoms with van der Waals surface area (Å²) >= 11 is 0. The van der Waals surface area contributed by atoms with Crippen molar-refractivity contribution in [1.29, 1.82) is 0 Å². The topological polar surface area (TPSA) is 215 Å². The van der Waals surface area contributed by atoms with Crippen LogP contribution in [0, 0.1) is 0 Å². The second-order valence-electron chi connectivity index (χ2n) is 6.69. The minimum absolute atomic E-state index is 0.0509. The molecule has 0 fully saturated rings. The molecule has 0 aliphatic rings. The summed E-state index contributed by atoms with van der Waals surface area (Å²) in [4.78, 5) is 51.0. The number of nitrogens with zero attached hydrogens (tertiary/aromatic N) is 1. The Balaban J connectivity index is 2.69. The first-order valence-electron chi connectivity index (χ1n) is 9.60. The minimum Gasteiger partial charge on any atom is -0.480 e. The van der Waals surface area contributed by atoms with Crippen LogP contribution in [0.25, 0.3) is 0 Å². The van der Waals surface area contributed by atoms with E-state index in [1.807, 2.05) is 6.07 Å². The lowest BCUT2D eigenvalue weighted by Crippen LogP contribution is -2.53. The van der Waals surface area contributed by atoms with Gasteiger partial charge in [-0.15, -0.1) is 0 Å². The Morgan fingerprint density at radius 3 is 2.29 bits per heavy atom. The van der Waals surface area contributed by atoms with E-state index < -0.39 is 48.9 Å². The summed E-state index contributed by atoms with van der Waals surface area (Å²) in [5, 5.41) is 15.7. The number of aliphatic carboxylic acids is 1. The highest BCUT2D eigenvalue weighted by molar-refractivity contribution is 5.92. The maximum Gasteiger partial charge on any atom is 0.322 e. The van der Waals surface area contributed by atoms with Crippen LogP contribution in [0.1, 0.15) is 18.4 Å². The molecule has 0 bridgehead atoms. The van der Waals surface area contributed by atoms with Crippen molar-refractivity contribution in [3.63, 3.8) is 0 Å². The highest BCUT2D eigenvalue weighted by Gasteiger charge is 2.24. The number of benzene rings is 1. The third kappa shape index (κ3) is 11.2. The number of guanidine groups is 1. The first kappa shape index (κ1) is 25.4. The normalized spacial score (nSPS) is 12.2. The molecule has 1 rings (SSSR count). The van der Waals surface area contributed by atoms with Gasteiger partial charge in [-0.2, -0.15) is 0 Å². The molecule has 0 radical (unpaired) electrons. The summed E-state index contributed by atoms with van der Waals surface area (Å²) in [7, 11) is 0. The van der Waals surface area contributed by atoms with Gasteiger partial charge in [0.25, 0.3) is 0 Å². The van der Waals surface area contributed by atoms with Crippen LogP contribution < -0.4 is 33.2 Å². The first-order valence-corrected chi connectivity index (χ1v) is 9.60. The van der Waals surface area contributed by atoms with Crippen molar-refractivity contribution in [2.45, 2.75) is 31.3 Å². The molecular weight excluding hydrogens is 406 g/mol. The Kier molecular flexibility index (Phi) is 11.1. The molecule has 1 aromatic carbocycles. The molecule has 2 atom stereocenters. The number of nitrogens with one attached hydrogen (secondary N) is 3. The Labute approximate surface area is 179 Å². The second kappa shape index (κ2) is 13.5. The van der Waals surface area contributed by atoms with Gasteiger partial charge >= 0.3 is 5.97 Å². The third-order valence-corrected chi connectivity index (χ3v) is 4.08. The lowest BCUT2D eigenvalue weighted by molar-refractivity contribution is -0.138. The van der Waals surface area contributed by atoms with Crippen molar-refractivity contribution in [2.24, 2.45) is 22.2 Å². The van der Waals surface area contributed by atoms with Gasteiger partial charge in [-0.25, -0.2) is 0 Å². The quantitative estimate of drug-likeness (QED) is 0.0988. The number of nitrogens with two attached hydrogens (primary N) is 3. The highest BCUT2D eigenvalue weighted by atomic mass is 16.4. The number of carbonyl (C=O) groups is 4. The molecule has 0 aliphatic heterocycles. The largest absolute Gasteiger partial charge is 0.480 e. The Morgan fingerprint density at radius 1 is 1.00 bits per heavy atom. The number of rotatable bonds is 13. The predicted molar refractivity (Wildman–Crippen MR) is 114 cm³/mol. The van der Waals surface area contributed by atoms with Crippen LogP contribution in [0.15, 0.2) is 35.3 Å². The molecule has 0 spiro atoms. The number of hydrogen-bond acceptors (Lipinski definition) is 6. The molecule has 12 nitrogen and oxygen atoms in total. The molecule has 1 aromatic rings. The summed E-state index contributed by atoms with van der Waals surface area (Å²) in [6.07, 6.45) is 0.960. The fraction of sp³-hybridized carbons (Fsp3) is 0.421. The van der Waals surface area contributed by atoms with E-state index in [9.17, 15) is 19.2 Å². The summed E-state index contributed by atoms with van der Waals surface area (Å²) in [6.45, 7) is -0.672.